The summed E-state index contributed by atoms with van der Waals surface area (Å²) >= 11 is 7.34. The van der Waals surface area contributed by atoms with Crippen LogP contribution in [0.5, 0.6) is 0 Å². The maximum absolute atomic E-state index is 5.82. The first-order chi connectivity index (χ1) is 10.3. The Morgan fingerprint density at radius 3 is 2.52 bits per heavy atom. The lowest BCUT2D eigenvalue weighted by Crippen LogP contribution is -1.97. The molecule has 1 aromatic heterocycles. The normalized spacial score (nSPS) is 10.8. The van der Waals surface area contributed by atoms with Crippen molar-refractivity contribution in [2.24, 2.45) is 0 Å². The standard InChI is InChI=1S/C17H23ClN2S/c1-2-3-4-5-6-7-14-8-10-15(11-9-14)19-12-16-13-20-17(18)21-16/h8-11,13,19H,2-7,12H2,1H3. The van der Waals surface area contributed by atoms with Crippen LogP contribution in [0, 0.1) is 0 Å². The number of hydrogen-bond acceptors (Lipinski definition) is 3. The van der Waals surface area contributed by atoms with Crippen molar-refractivity contribution in [3.8, 4) is 0 Å². The number of aryl methyl sites for hydroxylation is 1. The summed E-state index contributed by atoms with van der Waals surface area (Å²) in [6, 6.07) is 8.76. The zero-order valence-corrected chi connectivity index (χ0v) is 14.1. The molecular formula is C17H23ClN2S. The van der Waals surface area contributed by atoms with Gasteiger partial charge >= 0.3 is 0 Å². The Morgan fingerprint density at radius 1 is 1.10 bits per heavy atom. The van der Waals surface area contributed by atoms with Crippen molar-refractivity contribution in [3.63, 3.8) is 0 Å². The molecule has 0 aliphatic carbocycles. The second-order valence-corrected chi connectivity index (χ2v) is 6.99. The molecule has 2 rings (SSSR count). The Balaban J connectivity index is 1.71. The highest BCUT2D eigenvalue weighted by Gasteiger charge is 2.00. The Hall–Kier alpha value is -1.06. The zero-order valence-electron chi connectivity index (χ0n) is 12.6. The van der Waals surface area contributed by atoms with E-state index in [1.54, 1.807) is 0 Å². The number of nitrogens with one attached hydrogen (secondary N) is 1. The van der Waals surface area contributed by atoms with Crippen LogP contribution in [0.1, 0.15) is 49.5 Å². The predicted molar refractivity (Wildman–Crippen MR) is 93.4 cm³/mol. The van der Waals surface area contributed by atoms with Crippen LogP contribution in [0.25, 0.3) is 0 Å². The van der Waals surface area contributed by atoms with Gasteiger partial charge in [-0.15, -0.1) is 11.3 Å². The Labute approximate surface area is 136 Å². The summed E-state index contributed by atoms with van der Waals surface area (Å²) in [5.74, 6) is 0. The molecule has 1 aromatic carbocycles. The summed E-state index contributed by atoms with van der Waals surface area (Å²) in [6.45, 7) is 3.03. The summed E-state index contributed by atoms with van der Waals surface area (Å²) < 4.78 is 0.602. The van der Waals surface area contributed by atoms with E-state index in [0.717, 1.165) is 17.1 Å². The molecule has 0 amide bonds. The molecule has 0 atom stereocenters. The summed E-state index contributed by atoms with van der Waals surface area (Å²) in [6.07, 6.45) is 9.70. The van der Waals surface area contributed by atoms with Gasteiger partial charge in [-0.05, 0) is 30.5 Å². The van der Waals surface area contributed by atoms with Gasteiger partial charge < -0.3 is 5.32 Å². The second kappa shape index (κ2) is 9.06. The van der Waals surface area contributed by atoms with Crippen LogP contribution in [-0.2, 0) is 13.0 Å². The predicted octanol–water partition coefficient (Wildman–Crippen LogP) is 5.92. The number of aromatic nitrogens is 1. The average Bonchev–Trinajstić information content (AvgIpc) is 2.92. The Morgan fingerprint density at radius 2 is 1.86 bits per heavy atom. The monoisotopic (exact) mass is 322 g/mol. The summed E-state index contributed by atoms with van der Waals surface area (Å²) in [5, 5.41) is 3.40. The second-order valence-electron chi connectivity index (χ2n) is 5.29. The van der Waals surface area contributed by atoms with Gasteiger partial charge in [-0.2, -0.15) is 0 Å². The number of nitrogens with zero attached hydrogens (tertiary/aromatic N) is 1. The van der Waals surface area contributed by atoms with Crippen LogP contribution in [0.4, 0.5) is 5.69 Å². The maximum Gasteiger partial charge on any atom is 0.183 e. The smallest absolute Gasteiger partial charge is 0.183 e. The van der Waals surface area contributed by atoms with Gasteiger partial charge in [0.15, 0.2) is 4.47 Å². The fourth-order valence-corrected chi connectivity index (χ4v) is 3.19. The molecule has 4 heteroatoms. The average molecular weight is 323 g/mol. The van der Waals surface area contributed by atoms with E-state index in [2.05, 4.69) is 41.5 Å². The van der Waals surface area contributed by atoms with Crippen molar-refractivity contribution in [1.29, 1.82) is 0 Å². The summed E-state index contributed by atoms with van der Waals surface area (Å²) in [7, 11) is 0. The van der Waals surface area contributed by atoms with E-state index in [9.17, 15) is 0 Å². The van der Waals surface area contributed by atoms with Crippen LogP contribution >= 0.6 is 22.9 Å². The molecule has 0 saturated carbocycles. The van der Waals surface area contributed by atoms with Gasteiger partial charge in [0, 0.05) is 16.8 Å². The third-order valence-corrected chi connectivity index (χ3v) is 4.63. The number of benzene rings is 1. The molecular weight excluding hydrogens is 300 g/mol. The zero-order chi connectivity index (χ0) is 14.9. The highest BCUT2D eigenvalue weighted by molar-refractivity contribution is 7.15. The van der Waals surface area contributed by atoms with Crippen molar-refractivity contribution < 1.29 is 0 Å². The summed E-state index contributed by atoms with van der Waals surface area (Å²) in [4.78, 5) is 5.19. The minimum atomic E-state index is 0.602. The van der Waals surface area contributed by atoms with E-state index < -0.39 is 0 Å². The number of unbranched alkanes of at least 4 members (excludes halogenated alkanes) is 4. The van der Waals surface area contributed by atoms with Gasteiger partial charge in [0.05, 0.1) is 6.54 Å². The number of hydrogen-bond donors (Lipinski definition) is 1. The molecule has 1 N–H and O–H groups in total. The van der Waals surface area contributed by atoms with E-state index in [-0.39, 0.29) is 0 Å². The van der Waals surface area contributed by atoms with Crippen molar-refractivity contribution in [2.45, 2.75) is 52.0 Å². The molecule has 0 radical (unpaired) electrons. The number of thiazole rings is 1. The Bertz CT molecular complexity index is 522. The van der Waals surface area contributed by atoms with E-state index in [4.69, 9.17) is 11.6 Å². The summed E-state index contributed by atoms with van der Waals surface area (Å²) in [5.41, 5.74) is 2.58. The molecule has 0 unspecified atom stereocenters. The minimum absolute atomic E-state index is 0.602. The first-order valence-electron chi connectivity index (χ1n) is 7.71. The number of anilines is 1. The van der Waals surface area contributed by atoms with Crippen LogP contribution in [0.15, 0.2) is 30.5 Å². The highest BCUT2D eigenvalue weighted by atomic mass is 35.5. The molecule has 2 aromatic rings. The first kappa shape index (κ1) is 16.3. The third-order valence-electron chi connectivity index (χ3n) is 3.52. The quantitative estimate of drug-likeness (QED) is 0.579. The number of halogens is 1. The van der Waals surface area contributed by atoms with Crippen LogP contribution < -0.4 is 5.32 Å². The van der Waals surface area contributed by atoms with Gasteiger partial charge in [0.2, 0.25) is 0 Å². The van der Waals surface area contributed by atoms with Crippen LogP contribution in [0.2, 0.25) is 4.47 Å². The van der Waals surface area contributed by atoms with Crippen molar-refractivity contribution in [3.05, 3.63) is 45.4 Å². The van der Waals surface area contributed by atoms with Gasteiger partial charge in [-0.25, -0.2) is 4.98 Å². The maximum atomic E-state index is 5.82. The fraction of sp³-hybridized carbons (Fsp3) is 0.471. The van der Waals surface area contributed by atoms with Gasteiger partial charge in [0.25, 0.3) is 0 Å². The van der Waals surface area contributed by atoms with Crippen molar-refractivity contribution >= 4 is 28.6 Å². The molecule has 0 aliphatic rings. The van der Waals surface area contributed by atoms with Gasteiger partial charge in [-0.3, -0.25) is 0 Å². The lowest BCUT2D eigenvalue weighted by molar-refractivity contribution is 0.632. The van der Waals surface area contributed by atoms with Crippen LogP contribution in [-0.4, -0.2) is 4.98 Å². The molecule has 0 bridgehead atoms. The van der Waals surface area contributed by atoms with Crippen LogP contribution in [0.3, 0.4) is 0 Å². The van der Waals surface area contributed by atoms with E-state index in [1.807, 2.05) is 6.20 Å². The van der Waals surface area contributed by atoms with Gasteiger partial charge in [0.1, 0.15) is 0 Å². The van der Waals surface area contributed by atoms with Crippen molar-refractivity contribution in [1.82, 2.24) is 4.98 Å². The molecule has 21 heavy (non-hydrogen) atoms. The lowest BCUT2D eigenvalue weighted by atomic mass is 10.1. The molecule has 0 aliphatic heterocycles. The Kier molecular flexibility index (Phi) is 7.04. The topological polar surface area (TPSA) is 24.9 Å². The van der Waals surface area contributed by atoms with E-state index in [1.165, 1.54) is 55.4 Å². The highest BCUT2D eigenvalue weighted by Crippen LogP contribution is 2.19. The molecule has 2 nitrogen and oxygen atoms in total. The fourth-order valence-electron chi connectivity index (χ4n) is 2.28. The third kappa shape index (κ3) is 6.06. The SMILES string of the molecule is CCCCCCCc1ccc(NCc2cnc(Cl)s2)cc1. The van der Waals surface area contributed by atoms with Gasteiger partial charge in [-0.1, -0.05) is 56.3 Å². The van der Waals surface area contributed by atoms with E-state index >= 15 is 0 Å². The molecule has 0 saturated heterocycles. The molecule has 0 fully saturated rings. The van der Waals surface area contributed by atoms with E-state index in [0.29, 0.717) is 4.47 Å². The first-order valence-corrected chi connectivity index (χ1v) is 8.90. The molecule has 114 valence electrons. The minimum Gasteiger partial charge on any atom is -0.380 e. The molecule has 0 spiro atoms. The largest absolute Gasteiger partial charge is 0.380 e. The number of rotatable bonds is 9. The molecule has 1 heterocycles. The van der Waals surface area contributed by atoms with Crippen molar-refractivity contribution in [2.75, 3.05) is 5.32 Å². The lowest BCUT2D eigenvalue weighted by Gasteiger charge is -2.06.